The number of rotatable bonds is 1. The van der Waals surface area contributed by atoms with Gasteiger partial charge in [0, 0.05) is 20.1 Å². The molecule has 0 aliphatic carbocycles. The van der Waals surface area contributed by atoms with Gasteiger partial charge in [0.2, 0.25) is 5.91 Å². The van der Waals surface area contributed by atoms with Gasteiger partial charge in [-0.05, 0) is 24.6 Å². The summed E-state index contributed by atoms with van der Waals surface area (Å²) in [5, 5.41) is 9.12. The van der Waals surface area contributed by atoms with Crippen molar-refractivity contribution in [2.45, 2.75) is 6.92 Å². The quantitative estimate of drug-likeness (QED) is 0.725. The van der Waals surface area contributed by atoms with Crippen LogP contribution in [0.4, 0.5) is 5.69 Å². The third-order valence-electron chi connectivity index (χ3n) is 3.07. The number of hydrogen-bond acceptors (Lipinski definition) is 3. The molecule has 2 rings (SSSR count). The Hall–Kier alpha value is -2.02. The number of likely N-dealkylation sites (N-methyl/N-ethyl adjacent to an activating group) is 1. The normalized spacial score (nSPS) is 15.9. The van der Waals surface area contributed by atoms with Crippen LogP contribution < -0.4 is 4.90 Å². The number of carbonyl (C=O) groups is 1. The van der Waals surface area contributed by atoms with Gasteiger partial charge in [0.05, 0.1) is 17.8 Å². The first-order chi connectivity index (χ1) is 8.11. The zero-order valence-electron chi connectivity index (χ0n) is 10.1. The SMILES string of the molecule is Cc1ccc(N2CCN(C)C(=O)C2)c(C#N)c1. The van der Waals surface area contributed by atoms with Crippen molar-refractivity contribution in [3.8, 4) is 6.07 Å². The first-order valence-corrected chi connectivity index (χ1v) is 5.61. The van der Waals surface area contributed by atoms with Crippen LogP contribution >= 0.6 is 0 Å². The molecule has 0 aromatic heterocycles. The summed E-state index contributed by atoms with van der Waals surface area (Å²) in [6.45, 7) is 3.80. The van der Waals surface area contributed by atoms with Crippen LogP contribution in [-0.4, -0.2) is 37.5 Å². The summed E-state index contributed by atoms with van der Waals surface area (Å²) < 4.78 is 0. The molecule has 88 valence electrons. The highest BCUT2D eigenvalue weighted by Crippen LogP contribution is 2.22. The molecule has 0 atom stereocenters. The largest absolute Gasteiger partial charge is 0.359 e. The minimum Gasteiger partial charge on any atom is -0.359 e. The molecule has 0 bridgehead atoms. The van der Waals surface area contributed by atoms with Crippen LogP contribution in [0.2, 0.25) is 0 Å². The van der Waals surface area contributed by atoms with E-state index >= 15 is 0 Å². The van der Waals surface area contributed by atoms with Crippen molar-refractivity contribution in [2.24, 2.45) is 0 Å². The number of piperazine rings is 1. The summed E-state index contributed by atoms with van der Waals surface area (Å²) >= 11 is 0. The summed E-state index contributed by atoms with van der Waals surface area (Å²) in [6, 6.07) is 7.95. The van der Waals surface area contributed by atoms with Gasteiger partial charge in [-0.3, -0.25) is 4.79 Å². The smallest absolute Gasteiger partial charge is 0.241 e. The Balaban J connectivity index is 2.29. The van der Waals surface area contributed by atoms with Crippen LogP contribution in [0.5, 0.6) is 0 Å². The number of nitrogens with zero attached hydrogens (tertiary/aromatic N) is 3. The molecule has 1 aromatic rings. The summed E-state index contributed by atoms with van der Waals surface area (Å²) in [4.78, 5) is 15.3. The fourth-order valence-electron chi connectivity index (χ4n) is 1.98. The van der Waals surface area contributed by atoms with E-state index in [-0.39, 0.29) is 5.91 Å². The van der Waals surface area contributed by atoms with E-state index in [0.717, 1.165) is 17.8 Å². The molecule has 0 unspecified atom stereocenters. The Morgan fingerprint density at radius 1 is 1.35 bits per heavy atom. The first kappa shape index (κ1) is 11.5. The lowest BCUT2D eigenvalue weighted by Gasteiger charge is -2.34. The molecule has 1 fully saturated rings. The van der Waals surface area contributed by atoms with E-state index in [2.05, 4.69) is 6.07 Å². The Morgan fingerprint density at radius 2 is 2.12 bits per heavy atom. The minimum absolute atomic E-state index is 0.0979. The maximum atomic E-state index is 11.6. The molecule has 0 radical (unpaired) electrons. The molecule has 1 aliphatic rings. The van der Waals surface area contributed by atoms with Crippen molar-refractivity contribution in [1.82, 2.24) is 4.90 Å². The number of carbonyl (C=O) groups excluding carboxylic acids is 1. The molecule has 1 heterocycles. The van der Waals surface area contributed by atoms with Crippen molar-refractivity contribution < 1.29 is 4.79 Å². The molecule has 1 saturated heterocycles. The van der Waals surface area contributed by atoms with Crippen LogP contribution in [0.15, 0.2) is 18.2 Å². The Morgan fingerprint density at radius 3 is 2.76 bits per heavy atom. The van der Waals surface area contributed by atoms with Gasteiger partial charge in [-0.15, -0.1) is 0 Å². The Bertz CT molecular complexity index is 490. The Kier molecular flexibility index (Phi) is 3.01. The van der Waals surface area contributed by atoms with Gasteiger partial charge in [0.15, 0.2) is 0 Å². The molecule has 1 aromatic carbocycles. The molecule has 17 heavy (non-hydrogen) atoms. The number of amides is 1. The van der Waals surface area contributed by atoms with Gasteiger partial charge in [-0.2, -0.15) is 5.26 Å². The average Bonchev–Trinajstić information content (AvgIpc) is 2.32. The van der Waals surface area contributed by atoms with Crippen molar-refractivity contribution in [2.75, 3.05) is 31.6 Å². The number of nitriles is 1. The number of benzene rings is 1. The predicted octanol–water partition coefficient (Wildman–Crippen LogP) is 1.15. The van der Waals surface area contributed by atoms with Crippen LogP contribution in [0.25, 0.3) is 0 Å². The maximum absolute atomic E-state index is 11.6. The van der Waals surface area contributed by atoms with Crippen molar-refractivity contribution in [1.29, 1.82) is 5.26 Å². The number of hydrogen-bond donors (Lipinski definition) is 0. The van der Waals surface area contributed by atoms with Crippen LogP contribution in [-0.2, 0) is 4.79 Å². The van der Waals surface area contributed by atoms with Gasteiger partial charge in [0.25, 0.3) is 0 Å². The average molecular weight is 229 g/mol. The molecule has 0 N–H and O–H groups in total. The topological polar surface area (TPSA) is 47.3 Å². The third-order valence-corrected chi connectivity index (χ3v) is 3.07. The molecular formula is C13H15N3O. The lowest BCUT2D eigenvalue weighted by Crippen LogP contribution is -2.48. The fourth-order valence-corrected chi connectivity index (χ4v) is 1.98. The molecule has 0 saturated carbocycles. The van der Waals surface area contributed by atoms with Crippen molar-refractivity contribution in [3.05, 3.63) is 29.3 Å². The lowest BCUT2D eigenvalue weighted by atomic mass is 10.1. The third kappa shape index (κ3) is 2.23. The highest BCUT2D eigenvalue weighted by atomic mass is 16.2. The zero-order valence-corrected chi connectivity index (χ0v) is 10.1. The van der Waals surface area contributed by atoms with Crippen LogP contribution in [0.3, 0.4) is 0 Å². The van der Waals surface area contributed by atoms with E-state index in [4.69, 9.17) is 5.26 Å². The molecule has 4 heteroatoms. The van der Waals surface area contributed by atoms with Gasteiger partial charge in [-0.25, -0.2) is 0 Å². The van der Waals surface area contributed by atoms with E-state index in [9.17, 15) is 4.79 Å². The van der Waals surface area contributed by atoms with E-state index in [1.807, 2.05) is 30.0 Å². The second-order valence-corrected chi connectivity index (χ2v) is 4.37. The standard InChI is InChI=1S/C13H15N3O/c1-10-3-4-12(11(7-10)8-14)16-6-5-15(2)13(17)9-16/h3-4,7H,5-6,9H2,1-2H3. The molecule has 0 spiro atoms. The van der Waals surface area contributed by atoms with E-state index in [0.29, 0.717) is 18.7 Å². The number of aryl methyl sites for hydroxylation is 1. The van der Waals surface area contributed by atoms with Crippen LogP contribution in [0.1, 0.15) is 11.1 Å². The lowest BCUT2D eigenvalue weighted by molar-refractivity contribution is -0.129. The molecule has 4 nitrogen and oxygen atoms in total. The highest BCUT2D eigenvalue weighted by Gasteiger charge is 2.22. The predicted molar refractivity (Wildman–Crippen MR) is 65.7 cm³/mol. The first-order valence-electron chi connectivity index (χ1n) is 5.61. The molecular weight excluding hydrogens is 214 g/mol. The van der Waals surface area contributed by atoms with Gasteiger partial charge in [0.1, 0.15) is 6.07 Å². The summed E-state index contributed by atoms with van der Waals surface area (Å²) in [5.41, 5.74) is 2.56. The van der Waals surface area contributed by atoms with E-state index < -0.39 is 0 Å². The highest BCUT2D eigenvalue weighted by molar-refractivity contribution is 5.83. The molecule has 1 amide bonds. The minimum atomic E-state index is 0.0979. The number of anilines is 1. The van der Waals surface area contributed by atoms with Crippen molar-refractivity contribution in [3.63, 3.8) is 0 Å². The Labute approximate surface area is 101 Å². The summed E-state index contributed by atoms with van der Waals surface area (Å²) in [6.07, 6.45) is 0. The molecule has 1 aliphatic heterocycles. The zero-order chi connectivity index (χ0) is 12.4. The summed E-state index contributed by atoms with van der Waals surface area (Å²) in [5.74, 6) is 0.0979. The van der Waals surface area contributed by atoms with E-state index in [1.54, 1.807) is 11.9 Å². The second-order valence-electron chi connectivity index (χ2n) is 4.37. The van der Waals surface area contributed by atoms with Gasteiger partial charge >= 0.3 is 0 Å². The van der Waals surface area contributed by atoms with Crippen molar-refractivity contribution >= 4 is 11.6 Å². The van der Waals surface area contributed by atoms with Gasteiger partial charge in [-0.1, -0.05) is 6.07 Å². The van der Waals surface area contributed by atoms with E-state index in [1.165, 1.54) is 0 Å². The second kappa shape index (κ2) is 4.46. The summed E-state index contributed by atoms with van der Waals surface area (Å²) in [7, 11) is 1.81. The van der Waals surface area contributed by atoms with Gasteiger partial charge < -0.3 is 9.80 Å². The fraction of sp³-hybridized carbons (Fsp3) is 0.385. The monoisotopic (exact) mass is 229 g/mol. The maximum Gasteiger partial charge on any atom is 0.241 e. The van der Waals surface area contributed by atoms with Crippen LogP contribution in [0, 0.1) is 18.3 Å².